The SMILES string of the molecule is CNC(C)C(=O)Nc1cc(-c2ccncc2)cc(C#Cc2ccccc2)n1. The second-order valence-corrected chi connectivity index (χ2v) is 5.98. The Hall–Kier alpha value is -3.49. The molecule has 2 aromatic heterocycles. The molecule has 1 unspecified atom stereocenters. The first-order valence-electron chi connectivity index (χ1n) is 8.63. The van der Waals surface area contributed by atoms with Gasteiger partial charge in [-0.15, -0.1) is 0 Å². The summed E-state index contributed by atoms with van der Waals surface area (Å²) in [5, 5.41) is 5.76. The topological polar surface area (TPSA) is 66.9 Å². The van der Waals surface area contributed by atoms with Crippen LogP contribution in [0.25, 0.3) is 11.1 Å². The van der Waals surface area contributed by atoms with Crippen molar-refractivity contribution in [3.8, 4) is 23.0 Å². The predicted molar refractivity (Wildman–Crippen MR) is 107 cm³/mol. The van der Waals surface area contributed by atoms with Crippen LogP contribution < -0.4 is 10.6 Å². The average molecular weight is 356 g/mol. The van der Waals surface area contributed by atoms with Crippen molar-refractivity contribution in [2.45, 2.75) is 13.0 Å². The Labute approximate surface area is 158 Å². The fourth-order valence-corrected chi connectivity index (χ4v) is 2.39. The van der Waals surface area contributed by atoms with Crippen LogP contribution in [0.3, 0.4) is 0 Å². The molecule has 5 heteroatoms. The van der Waals surface area contributed by atoms with Gasteiger partial charge in [0.2, 0.25) is 5.91 Å². The Morgan fingerprint density at radius 3 is 2.44 bits per heavy atom. The van der Waals surface area contributed by atoms with E-state index in [9.17, 15) is 4.79 Å². The quantitative estimate of drug-likeness (QED) is 0.705. The normalized spacial score (nSPS) is 11.2. The van der Waals surface area contributed by atoms with E-state index in [0.29, 0.717) is 11.5 Å². The van der Waals surface area contributed by atoms with E-state index in [4.69, 9.17) is 0 Å². The van der Waals surface area contributed by atoms with Crippen LogP contribution in [0.1, 0.15) is 18.2 Å². The molecular formula is C22H20N4O. The van der Waals surface area contributed by atoms with Gasteiger partial charge >= 0.3 is 0 Å². The third kappa shape index (κ3) is 5.00. The Kier molecular flexibility index (Phi) is 5.93. The number of hydrogen-bond donors (Lipinski definition) is 2. The van der Waals surface area contributed by atoms with Crippen LogP contribution in [-0.4, -0.2) is 29.0 Å². The van der Waals surface area contributed by atoms with E-state index < -0.39 is 0 Å². The second kappa shape index (κ2) is 8.75. The van der Waals surface area contributed by atoms with Crippen molar-refractivity contribution in [1.82, 2.24) is 15.3 Å². The molecule has 1 aromatic carbocycles. The number of hydrogen-bond acceptors (Lipinski definition) is 4. The van der Waals surface area contributed by atoms with Crippen LogP contribution in [0.5, 0.6) is 0 Å². The summed E-state index contributed by atoms with van der Waals surface area (Å²) >= 11 is 0. The molecule has 134 valence electrons. The Morgan fingerprint density at radius 2 is 1.74 bits per heavy atom. The summed E-state index contributed by atoms with van der Waals surface area (Å²) < 4.78 is 0. The molecule has 1 atom stereocenters. The monoisotopic (exact) mass is 356 g/mol. The first-order valence-corrected chi connectivity index (χ1v) is 8.63. The Morgan fingerprint density at radius 1 is 1.00 bits per heavy atom. The van der Waals surface area contributed by atoms with Gasteiger partial charge in [-0.1, -0.05) is 24.1 Å². The van der Waals surface area contributed by atoms with Gasteiger partial charge in [0.1, 0.15) is 11.5 Å². The summed E-state index contributed by atoms with van der Waals surface area (Å²) in [6.45, 7) is 1.79. The number of nitrogens with one attached hydrogen (secondary N) is 2. The highest BCUT2D eigenvalue weighted by Crippen LogP contribution is 2.22. The first-order chi connectivity index (χ1) is 13.2. The van der Waals surface area contributed by atoms with Gasteiger partial charge in [-0.05, 0) is 67.4 Å². The van der Waals surface area contributed by atoms with Crippen molar-refractivity contribution >= 4 is 11.7 Å². The third-order valence-electron chi connectivity index (χ3n) is 4.03. The molecule has 3 rings (SSSR count). The molecule has 1 amide bonds. The molecule has 5 nitrogen and oxygen atoms in total. The van der Waals surface area contributed by atoms with E-state index in [0.717, 1.165) is 16.7 Å². The number of likely N-dealkylation sites (N-methyl/N-ethyl adjacent to an activating group) is 1. The van der Waals surface area contributed by atoms with Crippen molar-refractivity contribution in [1.29, 1.82) is 0 Å². The maximum atomic E-state index is 12.2. The number of pyridine rings is 2. The predicted octanol–water partition coefficient (Wildman–Crippen LogP) is 3.09. The van der Waals surface area contributed by atoms with Crippen LogP contribution in [-0.2, 0) is 4.79 Å². The van der Waals surface area contributed by atoms with Crippen molar-refractivity contribution in [3.05, 3.63) is 78.2 Å². The number of nitrogens with zero attached hydrogens (tertiary/aromatic N) is 2. The lowest BCUT2D eigenvalue weighted by Gasteiger charge is -2.12. The highest BCUT2D eigenvalue weighted by Gasteiger charge is 2.12. The fourth-order valence-electron chi connectivity index (χ4n) is 2.39. The molecule has 0 fully saturated rings. The van der Waals surface area contributed by atoms with E-state index in [1.807, 2.05) is 54.6 Å². The molecule has 0 spiro atoms. The zero-order valence-electron chi connectivity index (χ0n) is 15.2. The number of benzene rings is 1. The van der Waals surface area contributed by atoms with Crippen molar-refractivity contribution in [3.63, 3.8) is 0 Å². The number of amides is 1. The van der Waals surface area contributed by atoms with Gasteiger partial charge in [-0.25, -0.2) is 4.98 Å². The molecular weight excluding hydrogens is 336 g/mol. The highest BCUT2D eigenvalue weighted by atomic mass is 16.2. The molecule has 2 heterocycles. The van der Waals surface area contributed by atoms with E-state index in [1.165, 1.54) is 0 Å². The molecule has 0 aliphatic heterocycles. The molecule has 27 heavy (non-hydrogen) atoms. The van der Waals surface area contributed by atoms with E-state index in [-0.39, 0.29) is 11.9 Å². The van der Waals surface area contributed by atoms with Crippen molar-refractivity contribution in [2.24, 2.45) is 0 Å². The van der Waals surface area contributed by atoms with Crippen LogP contribution >= 0.6 is 0 Å². The lowest BCUT2D eigenvalue weighted by atomic mass is 10.1. The maximum Gasteiger partial charge on any atom is 0.242 e. The van der Waals surface area contributed by atoms with Gasteiger partial charge < -0.3 is 10.6 Å². The summed E-state index contributed by atoms with van der Waals surface area (Å²) in [5.41, 5.74) is 3.38. The molecule has 3 aromatic rings. The van der Waals surface area contributed by atoms with Gasteiger partial charge in [-0.2, -0.15) is 0 Å². The summed E-state index contributed by atoms with van der Waals surface area (Å²) in [4.78, 5) is 20.8. The standard InChI is InChI=1S/C22H20N4O/c1-16(23-2)22(27)26-21-15-19(18-10-12-24-13-11-18)14-20(25-21)9-8-17-6-4-3-5-7-17/h3-7,10-16,23H,1-2H3,(H,25,26,27). The largest absolute Gasteiger partial charge is 0.309 e. The Bertz CT molecular complexity index is 975. The van der Waals surface area contributed by atoms with E-state index >= 15 is 0 Å². The second-order valence-electron chi connectivity index (χ2n) is 5.98. The number of carbonyl (C=O) groups excluding carboxylic acids is 1. The number of aromatic nitrogens is 2. The van der Waals surface area contributed by atoms with Crippen molar-refractivity contribution < 1.29 is 4.79 Å². The minimum Gasteiger partial charge on any atom is -0.309 e. The van der Waals surface area contributed by atoms with Crippen LogP contribution in [0.15, 0.2) is 67.0 Å². The molecule has 0 aliphatic carbocycles. The third-order valence-corrected chi connectivity index (χ3v) is 4.03. The van der Waals surface area contributed by atoms with Crippen LogP contribution in [0, 0.1) is 11.8 Å². The lowest BCUT2D eigenvalue weighted by molar-refractivity contribution is -0.117. The molecule has 2 N–H and O–H groups in total. The van der Waals surface area contributed by atoms with E-state index in [1.54, 1.807) is 26.4 Å². The molecule has 0 aliphatic rings. The molecule has 0 radical (unpaired) electrons. The maximum absolute atomic E-state index is 12.2. The van der Waals surface area contributed by atoms with Gasteiger partial charge in [0.25, 0.3) is 0 Å². The van der Waals surface area contributed by atoms with Gasteiger partial charge in [0, 0.05) is 18.0 Å². The van der Waals surface area contributed by atoms with Gasteiger partial charge in [-0.3, -0.25) is 9.78 Å². The van der Waals surface area contributed by atoms with Gasteiger partial charge in [0.15, 0.2) is 0 Å². The van der Waals surface area contributed by atoms with Crippen LogP contribution in [0.4, 0.5) is 5.82 Å². The number of carbonyl (C=O) groups is 1. The minimum atomic E-state index is -0.324. The summed E-state index contributed by atoms with van der Waals surface area (Å²) in [6, 6.07) is 16.9. The van der Waals surface area contributed by atoms with E-state index in [2.05, 4.69) is 32.4 Å². The summed E-state index contributed by atoms with van der Waals surface area (Å²) in [5.74, 6) is 6.50. The molecule has 0 saturated carbocycles. The number of rotatable bonds is 4. The van der Waals surface area contributed by atoms with Crippen molar-refractivity contribution in [2.75, 3.05) is 12.4 Å². The zero-order valence-corrected chi connectivity index (χ0v) is 15.2. The first kappa shape index (κ1) is 18.3. The average Bonchev–Trinajstić information content (AvgIpc) is 2.73. The fraction of sp³-hybridized carbons (Fsp3) is 0.136. The lowest BCUT2D eigenvalue weighted by Crippen LogP contribution is -2.35. The molecule has 0 bridgehead atoms. The highest BCUT2D eigenvalue weighted by molar-refractivity contribution is 5.94. The summed E-state index contributed by atoms with van der Waals surface area (Å²) in [6.07, 6.45) is 3.46. The number of anilines is 1. The smallest absolute Gasteiger partial charge is 0.242 e. The minimum absolute atomic E-state index is 0.154. The zero-order chi connectivity index (χ0) is 19.1. The molecule has 0 saturated heterocycles. The Balaban J connectivity index is 1.98. The summed E-state index contributed by atoms with van der Waals surface area (Å²) in [7, 11) is 1.74. The van der Waals surface area contributed by atoms with Crippen LogP contribution in [0.2, 0.25) is 0 Å². The van der Waals surface area contributed by atoms with Gasteiger partial charge in [0.05, 0.1) is 6.04 Å².